The number of carbonyl (C=O) groups is 1. The molecule has 1 aliphatic heterocycles. The number of anilines is 3. The van der Waals surface area contributed by atoms with Crippen LogP contribution in [0.1, 0.15) is 36.2 Å². The van der Waals surface area contributed by atoms with E-state index in [1.807, 2.05) is 35.2 Å². The molecular weight excluding hydrogens is 632 g/mol. The smallest absolute Gasteiger partial charge is 0.319 e. The number of amides is 2. The summed E-state index contributed by atoms with van der Waals surface area (Å²) in [5.74, 6) is 0.793. The summed E-state index contributed by atoms with van der Waals surface area (Å²) in [4.78, 5) is 34.4. The number of nitrogens with one attached hydrogen (secondary N) is 3. The van der Waals surface area contributed by atoms with E-state index in [4.69, 9.17) is 9.97 Å². The Labute approximate surface area is 280 Å². The van der Waals surface area contributed by atoms with Crippen LogP contribution in [0.2, 0.25) is 0 Å². The minimum atomic E-state index is -1.19. The number of pyridine rings is 1. The molecule has 0 bridgehead atoms. The number of benzene rings is 1. The average Bonchev–Trinajstić information content (AvgIpc) is 3.93. The number of fused-ring (bicyclic) bond motifs is 1. The van der Waals surface area contributed by atoms with Crippen molar-refractivity contribution in [2.24, 2.45) is 0 Å². The molecule has 1 unspecified atom stereocenters. The molecule has 1 aliphatic carbocycles. The molecule has 256 valence electrons. The van der Waals surface area contributed by atoms with Crippen LogP contribution in [0.5, 0.6) is 0 Å². The predicted molar refractivity (Wildman–Crippen MR) is 178 cm³/mol. The zero-order chi connectivity index (χ0) is 33.9. The molecule has 7 N–H and O–H groups in total. The third-order valence-electron chi connectivity index (χ3n) is 9.01. The number of rotatable bonds is 11. The summed E-state index contributed by atoms with van der Waals surface area (Å²) < 4.78 is 1.73. The second-order valence-corrected chi connectivity index (χ2v) is 12.3. The monoisotopic (exact) mass is 670 g/mol. The van der Waals surface area contributed by atoms with Crippen molar-refractivity contribution in [2.75, 3.05) is 35.2 Å². The fourth-order valence-corrected chi connectivity index (χ4v) is 6.52. The number of aromatic nitrogens is 8. The molecule has 6 atom stereocenters. The highest BCUT2D eigenvalue weighted by molar-refractivity contribution is 5.89. The van der Waals surface area contributed by atoms with E-state index >= 15 is 0 Å². The summed E-state index contributed by atoms with van der Waals surface area (Å²) in [6.45, 7) is 0.547. The van der Waals surface area contributed by atoms with Gasteiger partial charge in [0.1, 0.15) is 23.9 Å². The molecule has 49 heavy (non-hydrogen) atoms. The van der Waals surface area contributed by atoms with Crippen LogP contribution < -0.4 is 20.9 Å². The molecule has 2 aliphatic rings. The Morgan fingerprint density at radius 2 is 1.86 bits per heavy atom. The highest BCUT2D eigenvalue weighted by atomic mass is 16.3. The van der Waals surface area contributed by atoms with Gasteiger partial charge in [0.15, 0.2) is 17.0 Å². The number of nitrogens with zero attached hydrogens (tertiary/aromatic N) is 9. The molecule has 5 heterocycles. The summed E-state index contributed by atoms with van der Waals surface area (Å²) >= 11 is 0. The van der Waals surface area contributed by atoms with Crippen LogP contribution in [0, 0.1) is 0 Å². The minimum Gasteiger partial charge on any atom is -0.394 e. The van der Waals surface area contributed by atoms with Crippen molar-refractivity contribution in [3.05, 3.63) is 78.6 Å². The number of aliphatic hydroxyl groups is 4. The molecule has 1 aromatic carbocycles. The van der Waals surface area contributed by atoms with Gasteiger partial charge in [-0.15, -0.1) is 0 Å². The summed E-state index contributed by atoms with van der Waals surface area (Å²) in [5.41, 5.74) is 2.84. The molecule has 4 aromatic heterocycles. The van der Waals surface area contributed by atoms with Gasteiger partial charge < -0.3 is 45.8 Å². The Balaban J connectivity index is 1.17. The Morgan fingerprint density at radius 1 is 1.02 bits per heavy atom. The lowest BCUT2D eigenvalue weighted by molar-refractivity contribution is 0.00491. The maximum atomic E-state index is 12.7. The standard InChI is InChI=1S/C32H38N12O5/c45-16-22(11-19-5-2-1-3-6-19)36-29-26-30(43(18-34-26)24-12-25(28(48)27(24)47)44-35-14-23(17-46)41-44)40-31(39-29)42-10-8-21(15-42)38-32(49)37-20-7-4-9-33-13-20/h1-7,9,13-14,18,21-22,24-25,27-28,45-48H,8,10-12,15-17H2,(H,36,39,40)(H2,37,38,49)/t21?,22-,24+,25-,27-,28+/m0/s1. The van der Waals surface area contributed by atoms with E-state index in [9.17, 15) is 25.2 Å². The lowest BCUT2D eigenvalue weighted by Crippen LogP contribution is -2.40. The van der Waals surface area contributed by atoms with Crippen molar-refractivity contribution in [3.8, 4) is 0 Å². The van der Waals surface area contributed by atoms with E-state index in [-0.39, 0.29) is 31.7 Å². The van der Waals surface area contributed by atoms with E-state index in [0.29, 0.717) is 60.2 Å². The third kappa shape index (κ3) is 6.86. The fourth-order valence-electron chi connectivity index (χ4n) is 6.52. The Bertz CT molecular complexity index is 1870. The molecule has 17 nitrogen and oxygen atoms in total. The van der Waals surface area contributed by atoms with Crippen molar-refractivity contribution in [1.29, 1.82) is 0 Å². The molecule has 2 amide bonds. The van der Waals surface area contributed by atoms with Gasteiger partial charge in [0.05, 0.1) is 49.7 Å². The first-order valence-electron chi connectivity index (χ1n) is 16.2. The largest absolute Gasteiger partial charge is 0.394 e. The Hall–Kier alpha value is -5.23. The quantitative estimate of drug-likeness (QED) is 0.103. The number of imidazole rings is 1. The Morgan fingerprint density at radius 3 is 2.61 bits per heavy atom. The zero-order valence-electron chi connectivity index (χ0n) is 26.5. The van der Waals surface area contributed by atoms with Crippen LogP contribution in [0.4, 0.5) is 22.2 Å². The lowest BCUT2D eigenvalue weighted by Gasteiger charge is -2.22. The van der Waals surface area contributed by atoms with Gasteiger partial charge in [-0.1, -0.05) is 30.3 Å². The van der Waals surface area contributed by atoms with Gasteiger partial charge in [0, 0.05) is 25.3 Å². The summed E-state index contributed by atoms with van der Waals surface area (Å²) in [6, 6.07) is 11.1. The molecule has 17 heteroatoms. The van der Waals surface area contributed by atoms with Gasteiger partial charge in [0.25, 0.3) is 0 Å². The molecule has 0 spiro atoms. The minimum absolute atomic E-state index is 0.167. The number of hydrogen-bond donors (Lipinski definition) is 7. The summed E-state index contributed by atoms with van der Waals surface area (Å²) in [6.07, 6.45) is 5.26. The number of aliphatic hydroxyl groups excluding tert-OH is 4. The van der Waals surface area contributed by atoms with Crippen LogP contribution in [-0.4, -0.2) is 110 Å². The molecule has 0 radical (unpaired) electrons. The van der Waals surface area contributed by atoms with Crippen molar-refractivity contribution >= 4 is 34.6 Å². The molecule has 2 fully saturated rings. The molecule has 1 saturated carbocycles. The second kappa shape index (κ2) is 14.1. The van der Waals surface area contributed by atoms with Crippen LogP contribution in [0.15, 0.2) is 67.4 Å². The van der Waals surface area contributed by atoms with E-state index in [0.717, 1.165) is 5.56 Å². The van der Waals surface area contributed by atoms with Crippen molar-refractivity contribution in [1.82, 2.24) is 44.8 Å². The fraction of sp³-hybridized carbons (Fsp3) is 0.406. The van der Waals surface area contributed by atoms with Crippen LogP contribution in [-0.2, 0) is 13.0 Å². The van der Waals surface area contributed by atoms with Crippen LogP contribution in [0.25, 0.3) is 11.2 Å². The third-order valence-corrected chi connectivity index (χ3v) is 9.01. The van der Waals surface area contributed by atoms with Gasteiger partial charge in [-0.05, 0) is 37.0 Å². The maximum Gasteiger partial charge on any atom is 0.319 e. The topological polar surface area (TPSA) is 225 Å². The van der Waals surface area contributed by atoms with Crippen LogP contribution >= 0.6 is 0 Å². The maximum absolute atomic E-state index is 12.7. The molecule has 7 rings (SSSR count). The second-order valence-electron chi connectivity index (χ2n) is 12.3. The first kappa shape index (κ1) is 32.3. The first-order valence-corrected chi connectivity index (χ1v) is 16.2. The van der Waals surface area contributed by atoms with Crippen molar-refractivity contribution in [2.45, 2.75) is 62.2 Å². The van der Waals surface area contributed by atoms with E-state index in [1.165, 1.54) is 11.0 Å². The SMILES string of the molecule is O=C(Nc1cccnc1)NC1CCN(c2nc(N[C@H](CO)Cc3ccccc3)c3ncn([C@@H]4C[C@H](n5ncc(CO)n5)[C@@H](O)[C@H]4O)c3n2)C1. The van der Waals surface area contributed by atoms with E-state index in [2.05, 4.69) is 36.1 Å². The zero-order valence-corrected chi connectivity index (χ0v) is 26.5. The summed E-state index contributed by atoms with van der Waals surface area (Å²) in [7, 11) is 0. The van der Waals surface area contributed by atoms with Gasteiger partial charge in [0.2, 0.25) is 5.95 Å². The van der Waals surface area contributed by atoms with E-state index in [1.54, 1.807) is 35.4 Å². The molecule has 5 aromatic rings. The van der Waals surface area contributed by atoms with E-state index < -0.39 is 30.3 Å². The highest BCUT2D eigenvalue weighted by Crippen LogP contribution is 2.40. The Kier molecular flexibility index (Phi) is 9.30. The number of carbonyl (C=O) groups excluding carboxylic acids is 1. The van der Waals surface area contributed by atoms with Gasteiger partial charge >= 0.3 is 6.03 Å². The molecule has 1 saturated heterocycles. The number of hydrogen-bond acceptors (Lipinski definition) is 13. The summed E-state index contributed by atoms with van der Waals surface area (Å²) in [5, 5.41) is 59.7. The average molecular weight is 671 g/mol. The van der Waals surface area contributed by atoms with Crippen molar-refractivity contribution in [3.63, 3.8) is 0 Å². The normalized spacial score (nSPS) is 22.8. The van der Waals surface area contributed by atoms with Gasteiger partial charge in [-0.25, -0.2) is 9.78 Å². The van der Waals surface area contributed by atoms with Crippen LogP contribution in [0.3, 0.4) is 0 Å². The lowest BCUT2D eigenvalue weighted by atomic mass is 10.1. The predicted octanol–water partition coefficient (Wildman–Crippen LogP) is 0.629. The number of urea groups is 1. The van der Waals surface area contributed by atoms with Gasteiger partial charge in [-0.2, -0.15) is 25.0 Å². The highest BCUT2D eigenvalue weighted by Gasteiger charge is 2.45. The van der Waals surface area contributed by atoms with Gasteiger partial charge in [-0.3, -0.25) is 4.98 Å². The molecular formula is C32H38N12O5. The first-order chi connectivity index (χ1) is 23.9. The van der Waals surface area contributed by atoms with Crippen molar-refractivity contribution < 1.29 is 25.2 Å².